The Morgan fingerprint density at radius 3 is 2.31 bits per heavy atom. The summed E-state index contributed by atoms with van der Waals surface area (Å²) in [5.41, 5.74) is 0.878. The molecular weight excluding hydrogens is 219 g/mol. The van der Waals surface area contributed by atoms with Gasteiger partial charge in [-0.2, -0.15) is 13.2 Å². The highest BCUT2D eigenvalue weighted by Gasteiger charge is 2.41. The van der Waals surface area contributed by atoms with Crippen LogP contribution in [0.3, 0.4) is 0 Å². The molecule has 0 heterocycles. The molecule has 0 spiro atoms. The lowest BCUT2D eigenvalue weighted by molar-refractivity contribution is -0.210. The second-order valence-electron chi connectivity index (χ2n) is 3.64. The second-order valence-corrected chi connectivity index (χ2v) is 3.64. The summed E-state index contributed by atoms with van der Waals surface area (Å²) in [6.45, 7) is 1.61. The van der Waals surface area contributed by atoms with Crippen molar-refractivity contribution in [3.05, 3.63) is 35.9 Å². The Morgan fingerprint density at radius 2 is 1.81 bits per heavy atom. The number of alkyl halides is 3. The van der Waals surface area contributed by atoms with Crippen LogP contribution in [0.15, 0.2) is 30.3 Å². The predicted molar refractivity (Wildman–Crippen MR) is 54.8 cm³/mol. The van der Waals surface area contributed by atoms with Gasteiger partial charge in [-0.15, -0.1) is 0 Å². The summed E-state index contributed by atoms with van der Waals surface area (Å²) >= 11 is 0. The summed E-state index contributed by atoms with van der Waals surface area (Å²) in [6.07, 6.45) is -6.92. The van der Waals surface area contributed by atoms with Crippen LogP contribution in [0.5, 0.6) is 0 Å². The zero-order chi connectivity index (χ0) is 12.2. The van der Waals surface area contributed by atoms with Crippen molar-refractivity contribution >= 4 is 0 Å². The number of hydrogen-bond donors (Lipinski definition) is 2. The van der Waals surface area contributed by atoms with Crippen molar-refractivity contribution in [3.63, 3.8) is 0 Å². The topological polar surface area (TPSA) is 32.3 Å². The van der Waals surface area contributed by atoms with Crippen LogP contribution in [-0.4, -0.2) is 23.4 Å². The Labute approximate surface area is 92.1 Å². The highest BCUT2D eigenvalue weighted by molar-refractivity contribution is 5.14. The Bertz CT molecular complexity index is 313. The van der Waals surface area contributed by atoms with Crippen molar-refractivity contribution in [3.8, 4) is 0 Å². The van der Waals surface area contributed by atoms with E-state index >= 15 is 0 Å². The van der Waals surface area contributed by atoms with E-state index in [1.807, 2.05) is 18.2 Å². The molecule has 2 nitrogen and oxygen atoms in total. The first-order chi connectivity index (χ1) is 7.41. The van der Waals surface area contributed by atoms with E-state index in [0.29, 0.717) is 6.54 Å². The molecule has 1 aromatic rings. The molecule has 0 bridgehead atoms. The molecule has 0 unspecified atom stereocenters. The number of hydrogen-bond acceptors (Lipinski definition) is 2. The molecule has 5 heteroatoms. The smallest absolute Gasteiger partial charge is 0.382 e. The van der Waals surface area contributed by atoms with E-state index in [1.54, 1.807) is 12.1 Å². The standard InChI is InChI=1S/C11H14F3NO/c1-8(10(16)11(12,13)14)15-7-9-5-3-2-4-6-9/h2-6,8,10,15-16H,7H2,1H3/t8-,10+/m0/s1. The second kappa shape index (κ2) is 5.32. The number of benzene rings is 1. The molecule has 0 saturated heterocycles. The first-order valence-electron chi connectivity index (χ1n) is 4.93. The van der Waals surface area contributed by atoms with E-state index in [0.717, 1.165) is 5.56 Å². The molecule has 1 rings (SSSR count). The maximum atomic E-state index is 12.1. The molecule has 90 valence electrons. The summed E-state index contributed by atoms with van der Waals surface area (Å²) in [7, 11) is 0. The first kappa shape index (κ1) is 13.0. The summed E-state index contributed by atoms with van der Waals surface area (Å²) in [6, 6.07) is 8.03. The fourth-order valence-electron chi connectivity index (χ4n) is 1.27. The van der Waals surface area contributed by atoms with Gasteiger partial charge < -0.3 is 10.4 Å². The SMILES string of the molecule is C[C@H](NCc1ccccc1)[C@@H](O)C(F)(F)F. The predicted octanol–water partition coefficient (Wildman–Crippen LogP) is 2.09. The minimum absolute atomic E-state index is 0.301. The van der Waals surface area contributed by atoms with Crippen molar-refractivity contribution in [2.45, 2.75) is 31.8 Å². The van der Waals surface area contributed by atoms with Gasteiger partial charge in [-0.05, 0) is 12.5 Å². The van der Waals surface area contributed by atoms with Gasteiger partial charge in [0.25, 0.3) is 0 Å². The molecule has 0 fully saturated rings. The molecular formula is C11H14F3NO. The highest BCUT2D eigenvalue weighted by atomic mass is 19.4. The minimum Gasteiger partial charge on any atom is -0.382 e. The van der Waals surface area contributed by atoms with E-state index < -0.39 is 18.3 Å². The summed E-state index contributed by atoms with van der Waals surface area (Å²) < 4.78 is 36.4. The van der Waals surface area contributed by atoms with Crippen LogP contribution in [0.1, 0.15) is 12.5 Å². The van der Waals surface area contributed by atoms with Gasteiger partial charge >= 0.3 is 6.18 Å². The van der Waals surface area contributed by atoms with Gasteiger partial charge in [0.05, 0.1) is 0 Å². The average molecular weight is 233 g/mol. The van der Waals surface area contributed by atoms with Crippen LogP contribution in [0.25, 0.3) is 0 Å². The lowest BCUT2D eigenvalue weighted by atomic mass is 10.1. The fraction of sp³-hybridized carbons (Fsp3) is 0.455. The summed E-state index contributed by atoms with van der Waals surface area (Å²) in [5, 5.41) is 11.6. The summed E-state index contributed by atoms with van der Waals surface area (Å²) in [4.78, 5) is 0. The van der Waals surface area contributed by atoms with Gasteiger partial charge in [0.2, 0.25) is 0 Å². The third-order valence-corrected chi connectivity index (χ3v) is 2.28. The first-order valence-corrected chi connectivity index (χ1v) is 4.93. The normalized spacial score (nSPS) is 15.8. The molecule has 16 heavy (non-hydrogen) atoms. The van der Waals surface area contributed by atoms with Crippen molar-refractivity contribution in [2.75, 3.05) is 0 Å². The molecule has 0 aromatic heterocycles. The molecule has 0 amide bonds. The quantitative estimate of drug-likeness (QED) is 0.834. The monoisotopic (exact) mass is 233 g/mol. The van der Waals surface area contributed by atoms with Gasteiger partial charge in [0.15, 0.2) is 6.10 Å². The number of rotatable bonds is 4. The molecule has 0 aliphatic heterocycles. The van der Waals surface area contributed by atoms with Crippen LogP contribution >= 0.6 is 0 Å². The molecule has 2 atom stereocenters. The zero-order valence-electron chi connectivity index (χ0n) is 8.83. The van der Waals surface area contributed by atoms with Gasteiger partial charge in [-0.3, -0.25) is 0 Å². The fourth-order valence-corrected chi connectivity index (χ4v) is 1.27. The lowest BCUT2D eigenvalue weighted by Crippen LogP contribution is -2.45. The van der Waals surface area contributed by atoms with Gasteiger partial charge in [-0.25, -0.2) is 0 Å². The number of nitrogens with one attached hydrogen (secondary N) is 1. The minimum atomic E-state index is -4.58. The van der Waals surface area contributed by atoms with Crippen molar-refractivity contribution < 1.29 is 18.3 Å². The van der Waals surface area contributed by atoms with Crippen LogP contribution in [-0.2, 0) is 6.54 Å². The van der Waals surface area contributed by atoms with Crippen LogP contribution in [0.4, 0.5) is 13.2 Å². The number of halogens is 3. The van der Waals surface area contributed by atoms with E-state index in [9.17, 15) is 13.2 Å². The van der Waals surface area contributed by atoms with E-state index in [1.165, 1.54) is 6.92 Å². The van der Waals surface area contributed by atoms with Crippen LogP contribution < -0.4 is 5.32 Å². The Morgan fingerprint density at radius 1 is 1.25 bits per heavy atom. The number of aliphatic hydroxyl groups is 1. The van der Waals surface area contributed by atoms with E-state index in [4.69, 9.17) is 5.11 Å². The maximum absolute atomic E-state index is 12.1. The summed E-state index contributed by atoms with van der Waals surface area (Å²) in [5.74, 6) is 0. The molecule has 0 aliphatic carbocycles. The largest absolute Gasteiger partial charge is 0.415 e. The molecule has 0 saturated carbocycles. The Balaban J connectivity index is 2.44. The van der Waals surface area contributed by atoms with E-state index in [-0.39, 0.29) is 0 Å². The van der Waals surface area contributed by atoms with Gasteiger partial charge in [-0.1, -0.05) is 30.3 Å². The Hall–Kier alpha value is -1.07. The zero-order valence-corrected chi connectivity index (χ0v) is 8.83. The molecule has 2 N–H and O–H groups in total. The van der Waals surface area contributed by atoms with Crippen molar-refractivity contribution in [1.29, 1.82) is 0 Å². The molecule has 1 aromatic carbocycles. The van der Waals surface area contributed by atoms with Crippen LogP contribution in [0.2, 0.25) is 0 Å². The average Bonchev–Trinajstić information content (AvgIpc) is 2.25. The van der Waals surface area contributed by atoms with Gasteiger partial charge in [0.1, 0.15) is 0 Å². The van der Waals surface area contributed by atoms with Crippen LogP contribution in [0, 0.1) is 0 Å². The van der Waals surface area contributed by atoms with Crippen molar-refractivity contribution in [2.24, 2.45) is 0 Å². The van der Waals surface area contributed by atoms with Crippen molar-refractivity contribution in [1.82, 2.24) is 5.32 Å². The third kappa shape index (κ3) is 3.83. The molecule has 0 radical (unpaired) electrons. The lowest BCUT2D eigenvalue weighted by Gasteiger charge is -2.22. The van der Waals surface area contributed by atoms with E-state index in [2.05, 4.69) is 5.32 Å². The van der Waals surface area contributed by atoms with Gasteiger partial charge in [0, 0.05) is 12.6 Å². The maximum Gasteiger partial charge on any atom is 0.415 e. The molecule has 0 aliphatic rings. The Kier molecular flexibility index (Phi) is 4.32. The number of aliphatic hydroxyl groups excluding tert-OH is 1. The third-order valence-electron chi connectivity index (χ3n) is 2.28. The highest BCUT2D eigenvalue weighted by Crippen LogP contribution is 2.22.